The van der Waals surface area contributed by atoms with Gasteiger partial charge < -0.3 is 10.1 Å². The number of hydrogen-bond acceptors (Lipinski definition) is 9. The molecule has 13 heteroatoms. The third kappa shape index (κ3) is 3.31. The van der Waals surface area contributed by atoms with Crippen molar-refractivity contribution in [1.29, 1.82) is 0 Å². The monoisotopic (exact) mass is 429 g/mol. The number of nitrogens with zero attached hydrogens (tertiary/aromatic N) is 5. The van der Waals surface area contributed by atoms with Crippen LogP contribution in [-0.2, 0) is 0 Å². The maximum Gasteiger partial charge on any atom is 0.284 e. The average molecular weight is 429 g/mol. The number of oxime groups is 1. The van der Waals surface area contributed by atoms with E-state index in [1.165, 1.54) is 4.90 Å². The zero-order chi connectivity index (χ0) is 23.0. The number of carbonyl (C=O) groups excluding carboxylic acids is 1. The first-order valence-corrected chi connectivity index (χ1v) is 8.97. The number of benzene rings is 2. The van der Waals surface area contributed by atoms with Crippen molar-refractivity contribution in [3.8, 4) is 11.1 Å². The van der Waals surface area contributed by atoms with E-state index in [9.17, 15) is 40.3 Å². The lowest BCUT2D eigenvalue weighted by Gasteiger charge is -2.20. The molecule has 0 aliphatic heterocycles. The molecule has 0 heterocycles. The van der Waals surface area contributed by atoms with Crippen molar-refractivity contribution >= 4 is 28.7 Å². The minimum Gasteiger partial charge on any atom is -0.410 e. The van der Waals surface area contributed by atoms with Crippen molar-refractivity contribution in [2.24, 2.45) is 5.16 Å². The molecule has 0 saturated heterocycles. The highest BCUT2D eigenvalue weighted by Gasteiger charge is 2.40. The summed E-state index contributed by atoms with van der Waals surface area (Å²) in [5.74, 6) is -0.622. The molecule has 0 unspecified atom stereocenters. The summed E-state index contributed by atoms with van der Waals surface area (Å²) in [6, 6.07) is 3.71. The van der Waals surface area contributed by atoms with Crippen LogP contribution in [0.2, 0.25) is 0 Å². The molecule has 31 heavy (non-hydrogen) atoms. The van der Waals surface area contributed by atoms with Crippen LogP contribution in [0.25, 0.3) is 11.1 Å². The molecule has 0 aromatic heterocycles. The van der Waals surface area contributed by atoms with E-state index < -0.39 is 37.7 Å². The van der Waals surface area contributed by atoms with Crippen molar-refractivity contribution in [3.05, 3.63) is 71.3 Å². The number of carbonyl (C=O) groups is 1. The molecule has 0 spiro atoms. The molecule has 1 aliphatic rings. The second kappa shape index (κ2) is 7.78. The quantitative estimate of drug-likeness (QED) is 0.352. The van der Waals surface area contributed by atoms with Crippen LogP contribution in [0, 0.1) is 30.3 Å². The zero-order valence-corrected chi connectivity index (χ0v) is 16.3. The number of nitro benzene ring substituents is 3. The highest BCUT2D eigenvalue weighted by Crippen LogP contribution is 2.47. The molecule has 0 fully saturated rings. The van der Waals surface area contributed by atoms with Crippen LogP contribution in [0.5, 0.6) is 0 Å². The van der Waals surface area contributed by atoms with Gasteiger partial charge in [0.05, 0.1) is 32.0 Å². The Morgan fingerprint density at radius 2 is 1.42 bits per heavy atom. The molecule has 2 aromatic carbocycles. The Balaban J connectivity index is 2.49. The maximum atomic E-state index is 13.1. The molecule has 1 aliphatic carbocycles. The van der Waals surface area contributed by atoms with Crippen molar-refractivity contribution in [2.75, 3.05) is 13.1 Å². The van der Waals surface area contributed by atoms with Crippen LogP contribution in [-0.4, -0.2) is 49.6 Å². The minimum absolute atomic E-state index is 0.0492. The van der Waals surface area contributed by atoms with Gasteiger partial charge in [-0.25, -0.2) is 0 Å². The summed E-state index contributed by atoms with van der Waals surface area (Å²) in [4.78, 5) is 46.5. The molecule has 0 radical (unpaired) electrons. The standard InChI is InChI=1S/C18H15N5O8/c1-3-20(4-2)18(24)13-7-9(21(26)27)5-11-15(13)16-12(17(11)19-25)6-10(22(28)29)8-14(16)23(30)31/h5-8,25H,3-4H2,1-2H3. The maximum absolute atomic E-state index is 13.1. The summed E-state index contributed by atoms with van der Waals surface area (Å²) in [6.07, 6.45) is 0. The third-order valence-corrected chi connectivity index (χ3v) is 4.99. The van der Waals surface area contributed by atoms with Gasteiger partial charge in [0.2, 0.25) is 0 Å². The van der Waals surface area contributed by atoms with Crippen molar-refractivity contribution in [2.45, 2.75) is 13.8 Å². The van der Waals surface area contributed by atoms with Gasteiger partial charge in [-0.3, -0.25) is 35.1 Å². The normalized spacial score (nSPS) is 12.9. The van der Waals surface area contributed by atoms with Gasteiger partial charge in [-0.05, 0) is 13.8 Å². The first kappa shape index (κ1) is 21.3. The summed E-state index contributed by atoms with van der Waals surface area (Å²) in [7, 11) is 0. The molecule has 160 valence electrons. The Morgan fingerprint density at radius 1 is 0.903 bits per heavy atom. The lowest BCUT2D eigenvalue weighted by atomic mass is 9.96. The van der Waals surface area contributed by atoms with E-state index in [0.29, 0.717) is 0 Å². The minimum atomic E-state index is -0.858. The number of non-ortho nitro benzene ring substituents is 2. The van der Waals surface area contributed by atoms with E-state index in [0.717, 1.165) is 24.3 Å². The molecule has 0 bridgehead atoms. The Labute approximate surface area is 173 Å². The molecule has 2 aromatic rings. The Morgan fingerprint density at radius 3 is 1.87 bits per heavy atom. The molecule has 1 N–H and O–H groups in total. The van der Waals surface area contributed by atoms with E-state index in [4.69, 9.17) is 0 Å². The third-order valence-electron chi connectivity index (χ3n) is 4.99. The lowest BCUT2D eigenvalue weighted by Crippen LogP contribution is -2.31. The highest BCUT2D eigenvalue weighted by atomic mass is 16.6. The predicted molar refractivity (Wildman–Crippen MR) is 107 cm³/mol. The molecular formula is C18H15N5O8. The van der Waals surface area contributed by atoms with Gasteiger partial charge in [0.1, 0.15) is 5.71 Å². The lowest BCUT2D eigenvalue weighted by molar-refractivity contribution is -0.393. The molecule has 0 saturated carbocycles. The Kier molecular flexibility index (Phi) is 5.34. The van der Waals surface area contributed by atoms with Crippen molar-refractivity contribution < 1.29 is 24.8 Å². The average Bonchev–Trinajstić information content (AvgIpc) is 3.06. The molecular weight excluding hydrogens is 414 g/mol. The second-order valence-electron chi connectivity index (χ2n) is 6.50. The largest absolute Gasteiger partial charge is 0.410 e. The van der Waals surface area contributed by atoms with Gasteiger partial charge in [0.15, 0.2) is 0 Å². The number of amides is 1. The fraction of sp³-hybridized carbons (Fsp3) is 0.222. The SMILES string of the molecule is CCN(CC)C(=O)c1cc([N+](=O)[O-])cc2c1-c1c(cc([N+](=O)[O-])cc1[N+](=O)[O-])C2=NO. The van der Waals surface area contributed by atoms with Crippen LogP contribution in [0.4, 0.5) is 17.1 Å². The van der Waals surface area contributed by atoms with Crippen LogP contribution in [0.3, 0.4) is 0 Å². The van der Waals surface area contributed by atoms with Crippen LogP contribution >= 0.6 is 0 Å². The van der Waals surface area contributed by atoms with Crippen molar-refractivity contribution in [3.63, 3.8) is 0 Å². The van der Waals surface area contributed by atoms with Gasteiger partial charge in [-0.15, -0.1) is 0 Å². The van der Waals surface area contributed by atoms with Crippen LogP contribution in [0.1, 0.15) is 35.3 Å². The van der Waals surface area contributed by atoms with Crippen molar-refractivity contribution in [1.82, 2.24) is 4.90 Å². The molecule has 13 nitrogen and oxygen atoms in total. The molecule has 3 rings (SSSR count). The Bertz CT molecular complexity index is 1190. The summed E-state index contributed by atoms with van der Waals surface area (Å²) in [5, 5.41) is 47.1. The zero-order valence-electron chi connectivity index (χ0n) is 16.3. The van der Waals surface area contributed by atoms with Gasteiger partial charge in [-0.2, -0.15) is 0 Å². The molecule has 1 amide bonds. The van der Waals surface area contributed by atoms with E-state index in [1.807, 2.05) is 0 Å². The Hall–Kier alpha value is -4.42. The first-order chi connectivity index (χ1) is 14.7. The molecule has 0 atom stereocenters. The first-order valence-electron chi connectivity index (χ1n) is 8.97. The van der Waals surface area contributed by atoms with Crippen LogP contribution < -0.4 is 0 Å². The van der Waals surface area contributed by atoms with Gasteiger partial charge >= 0.3 is 0 Å². The summed E-state index contributed by atoms with van der Waals surface area (Å²) in [5.41, 5.74) is -2.87. The van der Waals surface area contributed by atoms with Crippen LogP contribution in [0.15, 0.2) is 29.4 Å². The van der Waals surface area contributed by atoms with E-state index >= 15 is 0 Å². The second-order valence-corrected chi connectivity index (χ2v) is 6.50. The van der Waals surface area contributed by atoms with Gasteiger partial charge in [0.25, 0.3) is 23.0 Å². The number of fused-ring (bicyclic) bond motifs is 3. The van der Waals surface area contributed by atoms with Gasteiger partial charge in [-0.1, -0.05) is 5.16 Å². The number of hydrogen-bond donors (Lipinski definition) is 1. The van der Waals surface area contributed by atoms with E-state index in [2.05, 4.69) is 5.16 Å². The van der Waals surface area contributed by atoms with Gasteiger partial charge in [0, 0.05) is 48.0 Å². The summed E-state index contributed by atoms with van der Waals surface area (Å²) < 4.78 is 0. The number of nitro groups is 3. The summed E-state index contributed by atoms with van der Waals surface area (Å²) in [6.45, 7) is 3.92. The predicted octanol–water partition coefficient (Wildman–Crippen LogP) is 3.10. The highest BCUT2D eigenvalue weighted by molar-refractivity contribution is 6.28. The summed E-state index contributed by atoms with van der Waals surface area (Å²) >= 11 is 0. The van der Waals surface area contributed by atoms with E-state index in [1.54, 1.807) is 13.8 Å². The van der Waals surface area contributed by atoms with E-state index in [-0.39, 0.29) is 46.6 Å². The fourth-order valence-electron chi connectivity index (χ4n) is 3.60. The topological polar surface area (TPSA) is 182 Å². The fourth-order valence-corrected chi connectivity index (χ4v) is 3.60. The number of rotatable bonds is 6. The smallest absolute Gasteiger partial charge is 0.284 e.